The van der Waals surface area contributed by atoms with Crippen LogP contribution in [0.5, 0.6) is 0 Å². The minimum absolute atomic E-state index is 0.577. The summed E-state index contributed by atoms with van der Waals surface area (Å²) in [6.45, 7) is 3.96. The number of nitrogens with one attached hydrogen (secondary N) is 1. The van der Waals surface area contributed by atoms with Crippen molar-refractivity contribution in [2.24, 2.45) is 5.84 Å². The lowest BCUT2D eigenvalue weighted by molar-refractivity contribution is 0.706. The third kappa shape index (κ3) is 3.93. The maximum absolute atomic E-state index is 5.30. The molecule has 0 unspecified atom stereocenters. The fourth-order valence-corrected chi connectivity index (χ4v) is 1.99. The first-order valence-electron chi connectivity index (χ1n) is 6.91. The van der Waals surface area contributed by atoms with Crippen molar-refractivity contribution in [3.8, 4) is 0 Å². The van der Waals surface area contributed by atoms with Crippen molar-refractivity contribution in [3.05, 3.63) is 48.4 Å². The minimum Gasteiger partial charge on any atom is -0.366 e. The SMILES string of the molecule is CCCCN(Cc1cnc(NN)cn1)c1ccccc1. The first-order valence-corrected chi connectivity index (χ1v) is 6.91. The molecule has 1 aromatic heterocycles. The molecule has 0 amide bonds. The molecule has 0 aliphatic heterocycles. The molecule has 1 heterocycles. The molecule has 0 saturated heterocycles. The topological polar surface area (TPSA) is 67.1 Å². The quantitative estimate of drug-likeness (QED) is 0.598. The zero-order chi connectivity index (χ0) is 14.2. The standard InChI is InChI=1S/C15H21N5/c1-2-3-9-20(14-7-5-4-6-8-14)12-13-10-18-15(19-16)11-17-13/h4-8,10-11H,2-3,9,12,16H2,1H3,(H,18,19). The summed E-state index contributed by atoms with van der Waals surface area (Å²) in [5, 5.41) is 0. The van der Waals surface area contributed by atoms with Gasteiger partial charge in [0.15, 0.2) is 5.82 Å². The van der Waals surface area contributed by atoms with Gasteiger partial charge in [-0.1, -0.05) is 31.5 Å². The smallest absolute Gasteiger partial charge is 0.158 e. The lowest BCUT2D eigenvalue weighted by atomic mass is 10.2. The summed E-state index contributed by atoms with van der Waals surface area (Å²) in [7, 11) is 0. The van der Waals surface area contributed by atoms with Crippen LogP contribution in [0.15, 0.2) is 42.7 Å². The summed E-state index contributed by atoms with van der Waals surface area (Å²) >= 11 is 0. The Balaban J connectivity index is 2.10. The van der Waals surface area contributed by atoms with E-state index in [1.807, 2.05) is 6.07 Å². The number of hydrogen-bond acceptors (Lipinski definition) is 5. The number of rotatable bonds is 7. The van der Waals surface area contributed by atoms with Crippen LogP contribution in [-0.4, -0.2) is 16.5 Å². The number of hydrogen-bond donors (Lipinski definition) is 2. The van der Waals surface area contributed by atoms with E-state index in [2.05, 4.69) is 51.5 Å². The van der Waals surface area contributed by atoms with Crippen LogP contribution >= 0.6 is 0 Å². The Morgan fingerprint density at radius 1 is 1.15 bits per heavy atom. The second-order valence-corrected chi connectivity index (χ2v) is 4.65. The van der Waals surface area contributed by atoms with E-state index in [0.29, 0.717) is 5.82 Å². The monoisotopic (exact) mass is 271 g/mol. The van der Waals surface area contributed by atoms with Gasteiger partial charge in [-0.05, 0) is 18.6 Å². The summed E-state index contributed by atoms with van der Waals surface area (Å²) in [6, 6.07) is 10.4. The predicted octanol–water partition coefficient (Wildman–Crippen LogP) is 2.57. The van der Waals surface area contributed by atoms with E-state index >= 15 is 0 Å². The van der Waals surface area contributed by atoms with Gasteiger partial charge < -0.3 is 10.3 Å². The van der Waals surface area contributed by atoms with Crippen LogP contribution in [0.2, 0.25) is 0 Å². The van der Waals surface area contributed by atoms with Crippen LogP contribution in [0.1, 0.15) is 25.5 Å². The molecule has 0 fully saturated rings. The molecule has 0 aliphatic rings. The van der Waals surface area contributed by atoms with Crippen molar-refractivity contribution in [1.82, 2.24) is 9.97 Å². The third-order valence-corrected chi connectivity index (χ3v) is 3.11. The highest BCUT2D eigenvalue weighted by molar-refractivity contribution is 5.46. The Bertz CT molecular complexity index is 497. The Morgan fingerprint density at radius 2 is 1.95 bits per heavy atom. The number of nitrogen functional groups attached to an aromatic ring is 1. The Morgan fingerprint density at radius 3 is 2.55 bits per heavy atom. The van der Waals surface area contributed by atoms with Gasteiger partial charge in [0.1, 0.15) is 0 Å². The average Bonchev–Trinajstić information content (AvgIpc) is 2.53. The van der Waals surface area contributed by atoms with Gasteiger partial charge in [-0.3, -0.25) is 4.98 Å². The molecule has 2 rings (SSSR count). The maximum atomic E-state index is 5.30. The number of hydrazine groups is 1. The van der Waals surface area contributed by atoms with Gasteiger partial charge in [-0.25, -0.2) is 10.8 Å². The molecule has 5 heteroatoms. The number of para-hydroxylation sites is 1. The van der Waals surface area contributed by atoms with Crippen molar-refractivity contribution >= 4 is 11.5 Å². The van der Waals surface area contributed by atoms with E-state index in [1.54, 1.807) is 12.4 Å². The molecule has 106 valence electrons. The van der Waals surface area contributed by atoms with Gasteiger partial charge in [0, 0.05) is 12.2 Å². The van der Waals surface area contributed by atoms with Crippen molar-refractivity contribution in [2.75, 3.05) is 16.9 Å². The van der Waals surface area contributed by atoms with Gasteiger partial charge in [0.05, 0.1) is 24.6 Å². The number of anilines is 2. The molecule has 1 aromatic carbocycles. The second-order valence-electron chi connectivity index (χ2n) is 4.65. The Kier molecular flexibility index (Phi) is 5.32. The Labute approximate surface area is 119 Å². The molecule has 0 aliphatic carbocycles. The predicted molar refractivity (Wildman–Crippen MR) is 82.2 cm³/mol. The minimum atomic E-state index is 0.577. The molecule has 2 aromatic rings. The van der Waals surface area contributed by atoms with Gasteiger partial charge in [0.25, 0.3) is 0 Å². The van der Waals surface area contributed by atoms with Crippen LogP contribution in [0, 0.1) is 0 Å². The summed E-state index contributed by atoms with van der Waals surface area (Å²) < 4.78 is 0. The summed E-state index contributed by atoms with van der Waals surface area (Å²) in [6.07, 6.45) is 5.74. The third-order valence-electron chi connectivity index (χ3n) is 3.11. The Hall–Kier alpha value is -2.14. The molecule has 5 nitrogen and oxygen atoms in total. The van der Waals surface area contributed by atoms with E-state index in [4.69, 9.17) is 5.84 Å². The van der Waals surface area contributed by atoms with E-state index < -0.39 is 0 Å². The highest BCUT2D eigenvalue weighted by atomic mass is 15.3. The second kappa shape index (κ2) is 7.45. The lowest BCUT2D eigenvalue weighted by Crippen LogP contribution is -2.24. The molecule has 0 radical (unpaired) electrons. The number of nitrogens with two attached hydrogens (primary N) is 1. The molecule has 0 bridgehead atoms. The van der Waals surface area contributed by atoms with E-state index in [9.17, 15) is 0 Å². The highest BCUT2D eigenvalue weighted by Crippen LogP contribution is 2.16. The molecule has 0 saturated carbocycles. The number of benzene rings is 1. The van der Waals surface area contributed by atoms with E-state index in [-0.39, 0.29) is 0 Å². The average molecular weight is 271 g/mol. The fourth-order valence-electron chi connectivity index (χ4n) is 1.99. The van der Waals surface area contributed by atoms with Gasteiger partial charge in [-0.15, -0.1) is 0 Å². The number of aromatic nitrogens is 2. The zero-order valence-corrected chi connectivity index (χ0v) is 11.8. The maximum Gasteiger partial charge on any atom is 0.158 e. The van der Waals surface area contributed by atoms with Gasteiger partial charge in [0.2, 0.25) is 0 Å². The first kappa shape index (κ1) is 14.3. The van der Waals surface area contributed by atoms with Crippen molar-refractivity contribution in [2.45, 2.75) is 26.3 Å². The number of nitrogens with zero attached hydrogens (tertiary/aromatic N) is 3. The van der Waals surface area contributed by atoms with E-state index in [0.717, 1.165) is 25.2 Å². The molecule has 20 heavy (non-hydrogen) atoms. The normalized spacial score (nSPS) is 10.3. The summed E-state index contributed by atoms with van der Waals surface area (Å²) in [5.74, 6) is 5.87. The van der Waals surface area contributed by atoms with Crippen LogP contribution in [0.3, 0.4) is 0 Å². The zero-order valence-electron chi connectivity index (χ0n) is 11.8. The van der Waals surface area contributed by atoms with Gasteiger partial charge in [-0.2, -0.15) is 0 Å². The lowest BCUT2D eigenvalue weighted by Gasteiger charge is -2.24. The van der Waals surface area contributed by atoms with Crippen molar-refractivity contribution in [3.63, 3.8) is 0 Å². The van der Waals surface area contributed by atoms with Crippen molar-refractivity contribution < 1.29 is 0 Å². The molecule has 3 N–H and O–H groups in total. The summed E-state index contributed by atoms with van der Waals surface area (Å²) in [5.41, 5.74) is 4.63. The summed E-state index contributed by atoms with van der Waals surface area (Å²) in [4.78, 5) is 10.9. The first-order chi connectivity index (χ1) is 9.83. The number of unbranched alkanes of at least 4 members (excludes halogenated alkanes) is 1. The fraction of sp³-hybridized carbons (Fsp3) is 0.333. The molecular formula is C15H21N5. The van der Waals surface area contributed by atoms with Crippen molar-refractivity contribution in [1.29, 1.82) is 0 Å². The largest absolute Gasteiger partial charge is 0.366 e. The molecule has 0 spiro atoms. The highest BCUT2D eigenvalue weighted by Gasteiger charge is 2.08. The van der Waals surface area contributed by atoms with E-state index in [1.165, 1.54) is 12.1 Å². The van der Waals surface area contributed by atoms with Crippen LogP contribution in [0.4, 0.5) is 11.5 Å². The van der Waals surface area contributed by atoms with Crippen LogP contribution < -0.4 is 16.2 Å². The molecule has 0 atom stereocenters. The van der Waals surface area contributed by atoms with Gasteiger partial charge >= 0.3 is 0 Å². The van der Waals surface area contributed by atoms with Crippen LogP contribution in [-0.2, 0) is 6.54 Å². The van der Waals surface area contributed by atoms with Crippen LogP contribution in [0.25, 0.3) is 0 Å². The molecular weight excluding hydrogens is 250 g/mol.